The SMILES string of the molecule is CCNc1cc(C)ncc1C(=O)Nc1ccc(C)c(Br)c1. The summed E-state index contributed by atoms with van der Waals surface area (Å²) in [6.07, 6.45) is 1.60. The van der Waals surface area contributed by atoms with Crippen LogP contribution in [-0.2, 0) is 0 Å². The van der Waals surface area contributed by atoms with Crippen LogP contribution in [0.3, 0.4) is 0 Å². The van der Waals surface area contributed by atoms with Crippen LogP contribution in [0, 0.1) is 13.8 Å². The lowest BCUT2D eigenvalue weighted by atomic mass is 10.1. The van der Waals surface area contributed by atoms with Crippen molar-refractivity contribution in [2.75, 3.05) is 17.2 Å². The first kappa shape index (κ1) is 15.5. The Labute approximate surface area is 133 Å². The molecule has 2 rings (SSSR count). The minimum absolute atomic E-state index is 0.172. The lowest BCUT2D eigenvalue weighted by molar-refractivity contribution is 0.102. The fourth-order valence-corrected chi connectivity index (χ4v) is 2.33. The van der Waals surface area contributed by atoms with Crippen molar-refractivity contribution in [1.29, 1.82) is 0 Å². The molecule has 0 aliphatic heterocycles. The topological polar surface area (TPSA) is 54.0 Å². The monoisotopic (exact) mass is 347 g/mol. The molecule has 0 saturated heterocycles. The van der Waals surface area contributed by atoms with Gasteiger partial charge in [0.2, 0.25) is 0 Å². The molecule has 0 fully saturated rings. The zero-order valence-electron chi connectivity index (χ0n) is 12.3. The maximum absolute atomic E-state index is 12.4. The Morgan fingerprint density at radius 3 is 2.71 bits per heavy atom. The number of aromatic nitrogens is 1. The van der Waals surface area contributed by atoms with Crippen molar-refractivity contribution in [1.82, 2.24) is 4.98 Å². The zero-order valence-corrected chi connectivity index (χ0v) is 13.9. The largest absolute Gasteiger partial charge is 0.385 e. The van der Waals surface area contributed by atoms with Crippen LogP contribution in [0.4, 0.5) is 11.4 Å². The van der Waals surface area contributed by atoms with E-state index in [-0.39, 0.29) is 5.91 Å². The number of hydrogen-bond donors (Lipinski definition) is 2. The maximum atomic E-state index is 12.4. The number of benzene rings is 1. The highest BCUT2D eigenvalue weighted by Gasteiger charge is 2.12. The van der Waals surface area contributed by atoms with E-state index in [1.54, 1.807) is 6.20 Å². The number of hydrogen-bond acceptors (Lipinski definition) is 3. The van der Waals surface area contributed by atoms with E-state index >= 15 is 0 Å². The van der Waals surface area contributed by atoms with Gasteiger partial charge in [0.15, 0.2) is 0 Å². The number of rotatable bonds is 4. The van der Waals surface area contributed by atoms with E-state index in [1.165, 1.54) is 0 Å². The average Bonchev–Trinajstić information content (AvgIpc) is 2.43. The molecule has 0 radical (unpaired) electrons. The van der Waals surface area contributed by atoms with Gasteiger partial charge in [-0.15, -0.1) is 0 Å². The summed E-state index contributed by atoms with van der Waals surface area (Å²) in [4.78, 5) is 16.6. The Hall–Kier alpha value is -1.88. The summed E-state index contributed by atoms with van der Waals surface area (Å²) in [7, 11) is 0. The van der Waals surface area contributed by atoms with Crippen molar-refractivity contribution >= 4 is 33.2 Å². The Morgan fingerprint density at radius 1 is 1.29 bits per heavy atom. The van der Waals surface area contributed by atoms with Gasteiger partial charge in [-0.3, -0.25) is 9.78 Å². The van der Waals surface area contributed by atoms with Gasteiger partial charge in [-0.05, 0) is 44.5 Å². The van der Waals surface area contributed by atoms with E-state index in [0.29, 0.717) is 5.56 Å². The van der Waals surface area contributed by atoms with Gasteiger partial charge in [-0.25, -0.2) is 0 Å². The Morgan fingerprint density at radius 2 is 2.05 bits per heavy atom. The van der Waals surface area contributed by atoms with Crippen LogP contribution in [0.5, 0.6) is 0 Å². The molecule has 0 bridgehead atoms. The number of aryl methyl sites for hydroxylation is 2. The predicted molar refractivity (Wildman–Crippen MR) is 90.0 cm³/mol. The third-order valence-electron chi connectivity index (χ3n) is 3.08. The van der Waals surface area contributed by atoms with Gasteiger partial charge >= 0.3 is 0 Å². The molecule has 4 nitrogen and oxygen atoms in total. The molecular formula is C16H18BrN3O. The summed E-state index contributed by atoms with van der Waals surface area (Å²) < 4.78 is 0.967. The van der Waals surface area contributed by atoms with Crippen LogP contribution in [-0.4, -0.2) is 17.4 Å². The summed E-state index contributed by atoms with van der Waals surface area (Å²) in [5.74, 6) is -0.172. The molecule has 1 aromatic carbocycles. The molecule has 2 N–H and O–H groups in total. The Balaban J connectivity index is 2.25. The second kappa shape index (κ2) is 6.72. The summed E-state index contributed by atoms with van der Waals surface area (Å²) in [5, 5.41) is 6.09. The molecular weight excluding hydrogens is 330 g/mol. The summed E-state index contributed by atoms with van der Waals surface area (Å²) in [5.41, 5.74) is 4.09. The van der Waals surface area contributed by atoms with E-state index in [2.05, 4.69) is 31.5 Å². The molecule has 0 unspecified atom stereocenters. The number of carbonyl (C=O) groups is 1. The van der Waals surface area contributed by atoms with Crippen LogP contribution in [0.25, 0.3) is 0 Å². The maximum Gasteiger partial charge on any atom is 0.259 e. The summed E-state index contributed by atoms with van der Waals surface area (Å²) in [6.45, 7) is 6.65. The number of halogens is 1. The molecule has 0 atom stereocenters. The quantitative estimate of drug-likeness (QED) is 0.873. The molecule has 5 heteroatoms. The highest BCUT2D eigenvalue weighted by molar-refractivity contribution is 9.10. The predicted octanol–water partition coefficient (Wildman–Crippen LogP) is 4.15. The van der Waals surface area contributed by atoms with Crippen molar-refractivity contribution in [3.8, 4) is 0 Å². The number of carbonyl (C=O) groups excluding carboxylic acids is 1. The van der Waals surface area contributed by atoms with Gasteiger partial charge in [-0.1, -0.05) is 22.0 Å². The molecule has 110 valence electrons. The van der Waals surface area contributed by atoms with Gasteiger partial charge in [0, 0.05) is 28.6 Å². The van der Waals surface area contributed by atoms with Crippen LogP contribution in [0.15, 0.2) is 34.9 Å². The lowest BCUT2D eigenvalue weighted by Crippen LogP contribution is -2.15. The number of amides is 1. The van der Waals surface area contributed by atoms with Gasteiger partial charge < -0.3 is 10.6 Å². The first-order valence-corrected chi connectivity index (χ1v) is 7.58. The minimum atomic E-state index is -0.172. The average molecular weight is 348 g/mol. The van der Waals surface area contributed by atoms with Gasteiger partial charge in [0.05, 0.1) is 11.3 Å². The normalized spacial score (nSPS) is 10.3. The molecule has 1 amide bonds. The molecule has 1 aromatic heterocycles. The zero-order chi connectivity index (χ0) is 15.4. The summed E-state index contributed by atoms with van der Waals surface area (Å²) in [6, 6.07) is 7.61. The number of nitrogens with zero attached hydrogens (tertiary/aromatic N) is 1. The molecule has 2 aromatic rings. The van der Waals surface area contributed by atoms with Crippen molar-refractivity contribution in [2.24, 2.45) is 0 Å². The van der Waals surface area contributed by atoms with Gasteiger partial charge in [-0.2, -0.15) is 0 Å². The standard InChI is InChI=1S/C16H18BrN3O/c1-4-18-15-7-11(3)19-9-13(15)16(21)20-12-6-5-10(2)14(17)8-12/h5-9H,4H2,1-3H3,(H,18,19)(H,20,21). The molecule has 0 spiro atoms. The first-order valence-electron chi connectivity index (χ1n) is 6.79. The van der Waals surface area contributed by atoms with Gasteiger partial charge in [0.1, 0.15) is 0 Å². The van der Waals surface area contributed by atoms with Crippen LogP contribution in [0.2, 0.25) is 0 Å². The first-order chi connectivity index (χ1) is 10.0. The molecule has 1 heterocycles. The lowest BCUT2D eigenvalue weighted by Gasteiger charge is -2.12. The van der Waals surface area contributed by atoms with Crippen molar-refractivity contribution < 1.29 is 4.79 Å². The smallest absolute Gasteiger partial charge is 0.259 e. The van der Waals surface area contributed by atoms with E-state index in [1.807, 2.05) is 45.0 Å². The fraction of sp³-hybridized carbons (Fsp3) is 0.250. The third kappa shape index (κ3) is 3.82. The highest BCUT2D eigenvalue weighted by Crippen LogP contribution is 2.22. The molecule has 0 aliphatic rings. The van der Waals surface area contributed by atoms with Gasteiger partial charge in [0.25, 0.3) is 5.91 Å². The Kier molecular flexibility index (Phi) is 4.96. The van der Waals surface area contributed by atoms with Crippen LogP contribution < -0.4 is 10.6 Å². The minimum Gasteiger partial charge on any atom is -0.385 e. The third-order valence-corrected chi connectivity index (χ3v) is 3.94. The number of pyridine rings is 1. The second-order valence-corrected chi connectivity index (χ2v) is 5.67. The van der Waals surface area contributed by atoms with Crippen LogP contribution in [0.1, 0.15) is 28.5 Å². The highest BCUT2D eigenvalue weighted by atomic mass is 79.9. The second-order valence-electron chi connectivity index (χ2n) is 4.82. The Bertz CT molecular complexity index is 671. The molecule has 21 heavy (non-hydrogen) atoms. The van der Waals surface area contributed by atoms with E-state index in [0.717, 1.165) is 33.6 Å². The van der Waals surface area contributed by atoms with Crippen molar-refractivity contribution in [3.63, 3.8) is 0 Å². The van der Waals surface area contributed by atoms with Crippen LogP contribution >= 0.6 is 15.9 Å². The van der Waals surface area contributed by atoms with Crippen molar-refractivity contribution in [3.05, 3.63) is 51.8 Å². The molecule has 0 aliphatic carbocycles. The van der Waals surface area contributed by atoms with Crippen molar-refractivity contribution in [2.45, 2.75) is 20.8 Å². The molecule has 0 saturated carbocycles. The fourth-order valence-electron chi connectivity index (χ4n) is 1.95. The summed E-state index contributed by atoms with van der Waals surface area (Å²) >= 11 is 3.47. The number of anilines is 2. The van der Waals surface area contributed by atoms with E-state index in [4.69, 9.17) is 0 Å². The van der Waals surface area contributed by atoms with E-state index in [9.17, 15) is 4.79 Å². The van der Waals surface area contributed by atoms with E-state index < -0.39 is 0 Å². The number of nitrogens with one attached hydrogen (secondary N) is 2.